The molecule has 2 rings (SSSR count). The topological polar surface area (TPSA) is 0 Å². The quantitative estimate of drug-likeness (QED) is 0.591. The average molecular weight is 189 g/mol. The van der Waals surface area contributed by atoms with Crippen molar-refractivity contribution in [3.05, 3.63) is 34.7 Å². The van der Waals surface area contributed by atoms with E-state index in [9.17, 15) is 0 Å². The second-order valence-corrected chi connectivity index (χ2v) is 4.92. The van der Waals surface area contributed by atoms with Crippen molar-refractivity contribution < 1.29 is 0 Å². The number of fused-ring (bicyclic) bond motifs is 1. The van der Waals surface area contributed by atoms with Gasteiger partial charge >= 0.3 is 0 Å². The number of rotatable bonds is 3. The Labute approximate surface area is 81.8 Å². The third kappa shape index (κ3) is 1.69. The second kappa shape index (κ2) is 3.64. The highest BCUT2D eigenvalue weighted by Crippen LogP contribution is 2.35. The van der Waals surface area contributed by atoms with Crippen LogP contribution in [0.2, 0.25) is 0 Å². The van der Waals surface area contributed by atoms with Crippen LogP contribution >= 0.6 is 8.20 Å². The molecule has 1 aliphatic carbocycles. The van der Waals surface area contributed by atoms with E-state index in [0.717, 1.165) is 0 Å². The van der Waals surface area contributed by atoms with Gasteiger partial charge in [-0.1, -0.05) is 27.6 Å². The van der Waals surface area contributed by atoms with Gasteiger partial charge in [-0.15, -0.1) is 0 Å². The van der Waals surface area contributed by atoms with Gasteiger partial charge in [0.2, 0.25) is 0 Å². The third-order valence-corrected chi connectivity index (χ3v) is 3.47. The molecule has 0 aromatic carbocycles. The summed E-state index contributed by atoms with van der Waals surface area (Å²) in [6.07, 6.45) is 11.8. The normalized spacial score (nSPS) is 20.5. The van der Waals surface area contributed by atoms with E-state index in [1.165, 1.54) is 49.2 Å². The third-order valence-electron chi connectivity index (χ3n) is 2.41. The van der Waals surface area contributed by atoms with E-state index in [1.807, 2.05) is 0 Å². The molecule has 0 spiro atoms. The average Bonchev–Trinajstić information content (AvgIpc) is 2.61. The van der Waals surface area contributed by atoms with Gasteiger partial charge < -0.3 is 0 Å². The van der Waals surface area contributed by atoms with Gasteiger partial charge in [-0.25, -0.2) is 0 Å². The SMILES string of the molecule is CCCCC1=C2[C]=C(C)P=C2C=C1. The molecule has 0 fully saturated rings. The largest absolute Gasteiger partial charge is 0.0654 e. The molecule has 0 saturated carbocycles. The zero-order valence-corrected chi connectivity index (χ0v) is 9.12. The molecule has 0 N–H and O–H groups in total. The Balaban J connectivity index is 2.20. The molecule has 0 saturated heterocycles. The molecule has 0 bridgehead atoms. The first-order valence-electron chi connectivity index (χ1n) is 4.92. The monoisotopic (exact) mass is 189 g/mol. The van der Waals surface area contributed by atoms with Gasteiger partial charge in [0, 0.05) is 5.29 Å². The summed E-state index contributed by atoms with van der Waals surface area (Å²) >= 11 is 0. The minimum Gasteiger partial charge on any atom is -0.0654 e. The molecule has 0 nitrogen and oxygen atoms in total. The summed E-state index contributed by atoms with van der Waals surface area (Å²) in [6, 6.07) is 0. The highest BCUT2D eigenvalue weighted by Gasteiger charge is 2.17. The van der Waals surface area contributed by atoms with E-state index in [2.05, 4.69) is 32.1 Å². The van der Waals surface area contributed by atoms with Crippen molar-refractivity contribution in [1.29, 1.82) is 0 Å². The van der Waals surface area contributed by atoms with Gasteiger partial charge in [0.05, 0.1) is 0 Å². The summed E-state index contributed by atoms with van der Waals surface area (Å²) in [5.74, 6) is 0. The lowest BCUT2D eigenvalue weighted by Crippen LogP contribution is -1.88. The van der Waals surface area contributed by atoms with Crippen LogP contribution < -0.4 is 0 Å². The van der Waals surface area contributed by atoms with Crippen LogP contribution in [0.25, 0.3) is 0 Å². The first-order valence-corrected chi connectivity index (χ1v) is 5.81. The first-order chi connectivity index (χ1) is 6.31. The van der Waals surface area contributed by atoms with Gasteiger partial charge in [0.1, 0.15) is 0 Å². The molecule has 2 aliphatic rings. The van der Waals surface area contributed by atoms with Crippen LogP contribution in [-0.2, 0) is 0 Å². The fraction of sp³-hybridized carbons (Fsp3) is 0.417. The summed E-state index contributed by atoms with van der Waals surface area (Å²) in [6.45, 7) is 4.40. The van der Waals surface area contributed by atoms with Crippen LogP contribution in [0.15, 0.2) is 28.6 Å². The van der Waals surface area contributed by atoms with Crippen LogP contribution in [0, 0.1) is 6.08 Å². The zero-order valence-electron chi connectivity index (χ0n) is 8.22. The van der Waals surface area contributed by atoms with E-state index in [1.54, 1.807) is 0 Å². The fourth-order valence-corrected chi connectivity index (χ4v) is 2.70. The Bertz CT molecular complexity index is 340. The molecule has 1 heteroatoms. The lowest BCUT2D eigenvalue weighted by Gasteiger charge is -1.99. The van der Waals surface area contributed by atoms with E-state index in [4.69, 9.17) is 0 Å². The van der Waals surface area contributed by atoms with Crippen molar-refractivity contribution in [3.8, 4) is 0 Å². The van der Waals surface area contributed by atoms with E-state index in [-0.39, 0.29) is 0 Å². The summed E-state index contributed by atoms with van der Waals surface area (Å²) in [5.41, 5.74) is 2.90. The summed E-state index contributed by atoms with van der Waals surface area (Å²) in [7, 11) is 1.37. The Morgan fingerprint density at radius 3 is 3.00 bits per heavy atom. The van der Waals surface area contributed by atoms with Crippen molar-refractivity contribution in [1.82, 2.24) is 0 Å². The lowest BCUT2D eigenvalue weighted by atomic mass is 10.0. The van der Waals surface area contributed by atoms with E-state index >= 15 is 0 Å². The first kappa shape index (κ1) is 8.97. The molecule has 0 unspecified atom stereocenters. The number of allylic oxidation sites excluding steroid dienone is 6. The summed E-state index contributed by atoms with van der Waals surface area (Å²) in [5, 5.41) is 2.83. The van der Waals surface area contributed by atoms with Crippen molar-refractivity contribution in [2.24, 2.45) is 0 Å². The van der Waals surface area contributed by atoms with Crippen LogP contribution in [0.1, 0.15) is 33.1 Å². The maximum Gasteiger partial charge on any atom is 0.0102 e. The molecule has 1 aliphatic heterocycles. The maximum absolute atomic E-state index is 3.46. The van der Waals surface area contributed by atoms with Crippen LogP contribution in [0.3, 0.4) is 0 Å². The molecule has 0 amide bonds. The number of hydrogen-bond donors (Lipinski definition) is 0. The number of hydrogen-bond acceptors (Lipinski definition) is 0. The van der Waals surface area contributed by atoms with Crippen molar-refractivity contribution in [2.45, 2.75) is 33.1 Å². The van der Waals surface area contributed by atoms with Gasteiger partial charge in [0.25, 0.3) is 0 Å². The van der Waals surface area contributed by atoms with Gasteiger partial charge in [-0.3, -0.25) is 0 Å². The predicted molar refractivity (Wildman–Crippen MR) is 60.0 cm³/mol. The van der Waals surface area contributed by atoms with Gasteiger partial charge in [-0.2, -0.15) is 0 Å². The van der Waals surface area contributed by atoms with Crippen LogP contribution in [-0.4, -0.2) is 5.29 Å². The molecular weight excluding hydrogens is 175 g/mol. The lowest BCUT2D eigenvalue weighted by molar-refractivity contribution is 0.797. The molecule has 1 heterocycles. The van der Waals surface area contributed by atoms with Crippen LogP contribution in [0.4, 0.5) is 0 Å². The molecule has 67 valence electrons. The van der Waals surface area contributed by atoms with Crippen molar-refractivity contribution >= 4 is 13.5 Å². The molecular formula is C12H14P. The van der Waals surface area contributed by atoms with Gasteiger partial charge in [-0.05, 0) is 48.4 Å². The van der Waals surface area contributed by atoms with E-state index < -0.39 is 0 Å². The van der Waals surface area contributed by atoms with E-state index in [0.29, 0.717) is 0 Å². The summed E-state index contributed by atoms with van der Waals surface area (Å²) < 4.78 is 0. The maximum atomic E-state index is 3.46. The van der Waals surface area contributed by atoms with Crippen LogP contribution in [0.5, 0.6) is 0 Å². The predicted octanol–water partition coefficient (Wildman–Crippen LogP) is 3.88. The molecule has 0 aromatic rings. The highest BCUT2D eigenvalue weighted by atomic mass is 31.1. The number of unbranched alkanes of at least 4 members (excludes halogenated alkanes) is 1. The van der Waals surface area contributed by atoms with Crippen molar-refractivity contribution in [3.63, 3.8) is 0 Å². The smallest absolute Gasteiger partial charge is 0.0102 e. The van der Waals surface area contributed by atoms with Crippen molar-refractivity contribution in [2.75, 3.05) is 0 Å². The standard InChI is InChI=1S/C12H14P/c1-3-4-5-10-6-7-12-11(10)8-9(2)13-12/h6-7H,3-5H2,1-2H3. The Morgan fingerprint density at radius 1 is 1.38 bits per heavy atom. The Hall–Kier alpha value is -0.610. The minimum absolute atomic E-state index is 1.22. The van der Waals surface area contributed by atoms with Gasteiger partial charge in [0.15, 0.2) is 0 Å². The highest BCUT2D eigenvalue weighted by molar-refractivity contribution is 7.47. The second-order valence-electron chi connectivity index (χ2n) is 3.54. The Kier molecular flexibility index (Phi) is 2.51. The zero-order chi connectivity index (χ0) is 9.26. The molecule has 0 aromatic heterocycles. The Morgan fingerprint density at radius 2 is 2.23 bits per heavy atom. The summed E-state index contributed by atoms with van der Waals surface area (Å²) in [4.78, 5) is 0. The fourth-order valence-electron chi connectivity index (χ4n) is 1.71. The molecule has 1 radical (unpaired) electrons. The molecule has 0 atom stereocenters. The molecule has 13 heavy (non-hydrogen) atoms. The minimum atomic E-state index is 1.22.